The Morgan fingerprint density at radius 3 is 2.50 bits per heavy atom. The maximum absolute atomic E-state index is 11.1. The minimum absolute atomic E-state index is 0. The second-order valence-electron chi connectivity index (χ2n) is 2.91. The van der Waals surface area contributed by atoms with Crippen molar-refractivity contribution >= 4 is 22.4 Å². The zero-order valence-corrected chi connectivity index (χ0v) is 8.70. The van der Waals surface area contributed by atoms with Crippen LogP contribution in [0, 0.1) is 0 Å². The fourth-order valence-corrected chi connectivity index (χ4v) is 2.68. The van der Waals surface area contributed by atoms with Gasteiger partial charge in [-0.1, -0.05) is 0 Å². The average Bonchev–Trinajstić information content (AvgIpc) is 2.31. The Kier molecular flexibility index (Phi) is 4.47. The smallest absolute Gasteiger partial charge is 0.211 e. The zero-order chi connectivity index (χ0) is 8.48. The molecule has 1 heterocycles. The third-order valence-electron chi connectivity index (χ3n) is 2.02. The summed E-state index contributed by atoms with van der Waals surface area (Å²) >= 11 is 0. The van der Waals surface area contributed by atoms with Crippen LogP contribution < -0.4 is 5.73 Å². The summed E-state index contributed by atoms with van der Waals surface area (Å²) in [6, 6.07) is 0.0463. The molecule has 0 aromatic rings. The number of nitrogens with two attached hydrogens (primary N) is 1. The highest BCUT2D eigenvalue weighted by Gasteiger charge is 2.29. The maximum Gasteiger partial charge on any atom is 0.211 e. The highest BCUT2D eigenvalue weighted by molar-refractivity contribution is 7.88. The van der Waals surface area contributed by atoms with Gasteiger partial charge < -0.3 is 5.73 Å². The van der Waals surface area contributed by atoms with Crippen LogP contribution in [0.15, 0.2) is 0 Å². The first-order valence-electron chi connectivity index (χ1n) is 3.72. The van der Waals surface area contributed by atoms with E-state index in [1.807, 2.05) is 0 Å². The lowest BCUT2D eigenvalue weighted by atomic mass is 10.2. The minimum Gasteiger partial charge on any atom is -0.329 e. The van der Waals surface area contributed by atoms with E-state index in [2.05, 4.69) is 0 Å². The van der Waals surface area contributed by atoms with Gasteiger partial charge in [0.2, 0.25) is 10.0 Å². The minimum atomic E-state index is -3.01. The van der Waals surface area contributed by atoms with Crippen LogP contribution in [-0.2, 0) is 10.0 Å². The summed E-state index contributed by atoms with van der Waals surface area (Å²) in [6.07, 6.45) is 3.08. The Morgan fingerprint density at radius 1 is 1.58 bits per heavy atom. The molecule has 2 N–H and O–H groups in total. The van der Waals surface area contributed by atoms with Crippen molar-refractivity contribution in [3.63, 3.8) is 0 Å². The van der Waals surface area contributed by atoms with Crippen molar-refractivity contribution in [3.8, 4) is 0 Å². The van der Waals surface area contributed by atoms with E-state index in [0.717, 1.165) is 12.8 Å². The summed E-state index contributed by atoms with van der Waals surface area (Å²) in [6.45, 7) is 1.08. The Morgan fingerprint density at radius 2 is 2.17 bits per heavy atom. The van der Waals surface area contributed by atoms with Gasteiger partial charge in [0.1, 0.15) is 0 Å². The van der Waals surface area contributed by atoms with Crippen LogP contribution >= 0.6 is 12.4 Å². The van der Waals surface area contributed by atoms with E-state index in [1.165, 1.54) is 10.6 Å². The van der Waals surface area contributed by atoms with E-state index in [0.29, 0.717) is 13.1 Å². The molecular formula is C6H15ClN2O2S. The quantitative estimate of drug-likeness (QED) is 0.692. The second kappa shape index (κ2) is 4.41. The van der Waals surface area contributed by atoms with Crippen molar-refractivity contribution in [2.24, 2.45) is 5.73 Å². The van der Waals surface area contributed by atoms with Gasteiger partial charge in [-0.05, 0) is 12.8 Å². The van der Waals surface area contributed by atoms with Crippen LogP contribution in [0.5, 0.6) is 0 Å². The number of nitrogens with zero attached hydrogens (tertiary/aromatic N) is 1. The largest absolute Gasteiger partial charge is 0.329 e. The van der Waals surface area contributed by atoms with Crippen LogP contribution in [-0.4, -0.2) is 38.1 Å². The van der Waals surface area contributed by atoms with Crippen LogP contribution in [0.3, 0.4) is 0 Å². The first kappa shape index (κ1) is 12.2. The molecule has 1 aliphatic rings. The maximum atomic E-state index is 11.1. The van der Waals surface area contributed by atoms with Crippen LogP contribution in [0.4, 0.5) is 0 Å². The Hall–Kier alpha value is 0.160. The Labute approximate surface area is 79.6 Å². The molecule has 6 heteroatoms. The van der Waals surface area contributed by atoms with E-state index in [1.54, 1.807) is 0 Å². The highest BCUT2D eigenvalue weighted by Crippen LogP contribution is 2.18. The van der Waals surface area contributed by atoms with Crippen molar-refractivity contribution < 1.29 is 8.42 Å². The molecule has 1 rings (SSSR count). The molecule has 0 bridgehead atoms. The van der Waals surface area contributed by atoms with E-state index in [4.69, 9.17) is 5.73 Å². The summed E-state index contributed by atoms with van der Waals surface area (Å²) in [7, 11) is -3.01. The normalized spacial score (nSPS) is 25.3. The number of hydrogen-bond donors (Lipinski definition) is 1. The lowest BCUT2D eigenvalue weighted by molar-refractivity contribution is 0.396. The average molecular weight is 215 g/mol. The molecule has 0 aliphatic carbocycles. The number of rotatable bonds is 2. The van der Waals surface area contributed by atoms with Crippen molar-refractivity contribution in [3.05, 3.63) is 0 Å². The van der Waals surface area contributed by atoms with Gasteiger partial charge in [0.05, 0.1) is 6.26 Å². The monoisotopic (exact) mass is 214 g/mol. The third-order valence-corrected chi connectivity index (χ3v) is 3.35. The fraction of sp³-hybridized carbons (Fsp3) is 1.00. The van der Waals surface area contributed by atoms with Gasteiger partial charge >= 0.3 is 0 Å². The van der Waals surface area contributed by atoms with Crippen molar-refractivity contribution in [1.82, 2.24) is 4.31 Å². The molecule has 0 saturated carbocycles. The number of hydrogen-bond acceptors (Lipinski definition) is 3. The molecule has 0 aromatic carbocycles. The summed E-state index contributed by atoms with van der Waals surface area (Å²) in [5, 5.41) is 0. The molecule has 1 fully saturated rings. The SMILES string of the molecule is CS(=O)(=O)N1CCC[C@@H]1CN.Cl. The first-order chi connectivity index (χ1) is 5.05. The van der Waals surface area contributed by atoms with Gasteiger partial charge in [-0.3, -0.25) is 0 Å². The summed E-state index contributed by atoms with van der Waals surface area (Å²) < 4.78 is 23.6. The Bertz CT molecular complexity index is 230. The molecule has 1 atom stereocenters. The van der Waals surface area contributed by atoms with Gasteiger partial charge in [-0.2, -0.15) is 4.31 Å². The lowest BCUT2D eigenvalue weighted by Crippen LogP contribution is -2.39. The number of sulfonamides is 1. The molecule has 0 spiro atoms. The van der Waals surface area contributed by atoms with Crippen molar-refractivity contribution in [2.45, 2.75) is 18.9 Å². The molecule has 12 heavy (non-hydrogen) atoms. The molecule has 1 aliphatic heterocycles. The summed E-state index contributed by atoms with van der Waals surface area (Å²) in [4.78, 5) is 0. The molecule has 74 valence electrons. The molecule has 0 unspecified atom stereocenters. The third kappa shape index (κ3) is 2.58. The summed E-state index contributed by atoms with van der Waals surface area (Å²) in [5.74, 6) is 0. The first-order valence-corrected chi connectivity index (χ1v) is 5.57. The molecule has 0 radical (unpaired) electrons. The lowest BCUT2D eigenvalue weighted by Gasteiger charge is -2.19. The zero-order valence-electron chi connectivity index (χ0n) is 7.06. The van der Waals surface area contributed by atoms with Crippen LogP contribution in [0.1, 0.15) is 12.8 Å². The molecule has 0 aromatic heterocycles. The topological polar surface area (TPSA) is 63.4 Å². The second-order valence-corrected chi connectivity index (χ2v) is 4.84. The van der Waals surface area contributed by atoms with E-state index < -0.39 is 10.0 Å². The highest BCUT2D eigenvalue weighted by atomic mass is 35.5. The van der Waals surface area contributed by atoms with Crippen LogP contribution in [0.25, 0.3) is 0 Å². The van der Waals surface area contributed by atoms with Crippen molar-refractivity contribution in [1.29, 1.82) is 0 Å². The van der Waals surface area contributed by atoms with Gasteiger partial charge in [-0.25, -0.2) is 8.42 Å². The Balaban J connectivity index is 0.00000121. The van der Waals surface area contributed by atoms with Gasteiger partial charge in [-0.15, -0.1) is 12.4 Å². The van der Waals surface area contributed by atoms with E-state index >= 15 is 0 Å². The van der Waals surface area contributed by atoms with Gasteiger partial charge in [0.25, 0.3) is 0 Å². The van der Waals surface area contributed by atoms with Crippen LogP contribution in [0.2, 0.25) is 0 Å². The van der Waals surface area contributed by atoms with Gasteiger partial charge in [0.15, 0.2) is 0 Å². The number of halogens is 1. The predicted octanol–water partition coefficient (Wildman–Crippen LogP) is -0.209. The fourth-order valence-electron chi connectivity index (χ4n) is 1.48. The molecule has 1 saturated heterocycles. The van der Waals surface area contributed by atoms with Gasteiger partial charge in [0, 0.05) is 19.1 Å². The van der Waals surface area contributed by atoms with E-state index in [9.17, 15) is 8.42 Å². The summed E-state index contributed by atoms with van der Waals surface area (Å²) in [5.41, 5.74) is 5.41. The molecule has 0 amide bonds. The van der Waals surface area contributed by atoms with E-state index in [-0.39, 0.29) is 18.4 Å². The molecular weight excluding hydrogens is 200 g/mol. The molecule has 4 nitrogen and oxygen atoms in total. The predicted molar refractivity (Wildman–Crippen MR) is 50.9 cm³/mol. The van der Waals surface area contributed by atoms with Crippen molar-refractivity contribution in [2.75, 3.05) is 19.3 Å². The standard InChI is InChI=1S/C6H14N2O2S.ClH/c1-11(9,10)8-4-2-3-6(8)5-7;/h6H,2-5,7H2,1H3;1H/t6-;/m1./s1.